The minimum Gasteiger partial charge on any atom is -0.371 e. The Morgan fingerprint density at radius 2 is 1.92 bits per heavy atom. The second-order valence-electron chi connectivity index (χ2n) is 1.79. The molecule has 5 heteroatoms. The Hall–Kier alpha value is -0.810. The quantitative estimate of drug-likeness (QED) is 0.431. The molecule has 0 aromatic heterocycles. The molecule has 5 nitrogen and oxygen atoms in total. The molecule has 0 bridgehead atoms. The highest BCUT2D eigenvalue weighted by molar-refractivity contribution is 5.69. The molecule has 0 radical (unpaired) electrons. The largest absolute Gasteiger partial charge is 0.371 e. The van der Waals surface area contributed by atoms with Gasteiger partial charge in [-0.25, -0.2) is 4.79 Å². The van der Waals surface area contributed by atoms with Gasteiger partial charge in [0.1, 0.15) is 6.79 Å². The van der Waals surface area contributed by atoms with Crippen LogP contribution in [0.2, 0.25) is 0 Å². The normalized spacial score (nSPS) is 7.50. The molecular weight excluding hydrogens is 160 g/mol. The molecule has 0 heterocycles. The summed E-state index contributed by atoms with van der Waals surface area (Å²) in [6.07, 6.45) is 2.17. The molecule has 0 aromatic rings. The van der Waals surface area contributed by atoms with Crippen molar-refractivity contribution < 1.29 is 14.6 Å². The van der Waals surface area contributed by atoms with Crippen molar-refractivity contribution >= 4 is 6.03 Å². The summed E-state index contributed by atoms with van der Waals surface area (Å²) in [5, 5.41) is 8.07. The number of nitrogens with two attached hydrogens (primary N) is 2. The molecule has 0 unspecified atom stereocenters. The topological polar surface area (TPSA) is 98.6 Å². The standard InChI is InChI=1S/C5H12O2.CH4N2O.CH4/c1-2-3-4-7-5-6;2-1(3)4;/h6H,2-5H2,1H3;(H4,2,3,4);1H4. The van der Waals surface area contributed by atoms with Crippen LogP contribution in [0.5, 0.6) is 0 Å². The van der Waals surface area contributed by atoms with Crippen molar-refractivity contribution in [2.75, 3.05) is 13.4 Å². The number of primary amides is 2. The molecule has 12 heavy (non-hydrogen) atoms. The Bertz CT molecular complexity index is 80.7. The van der Waals surface area contributed by atoms with E-state index in [0.29, 0.717) is 6.61 Å². The lowest BCUT2D eigenvalue weighted by Crippen LogP contribution is -2.18. The number of amides is 2. The van der Waals surface area contributed by atoms with E-state index in [9.17, 15) is 0 Å². The van der Waals surface area contributed by atoms with Gasteiger partial charge in [0.15, 0.2) is 0 Å². The van der Waals surface area contributed by atoms with E-state index in [0.717, 1.165) is 12.8 Å². The molecule has 0 rings (SSSR count). The highest BCUT2D eigenvalue weighted by Crippen LogP contribution is 1.84. The zero-order chi connectivity index (χ0) is 9.11. The Morgan fingerprint density at radius 3 is 2.17 bits per heavy atom. The number of unbranched alkanes of at least 4 members (excludes halogenated alkanes) is 1. The fourth-order valence-corrected chi connectivity index (χ4v) is 0.311. The van der Waals surface area contributed by atoms with Crippen molar-refractivity contribution in [1.29, 1.82) is 0 Å². The van der Waals surface area contributed by atoms with Gasteiger partial charge in [-0.05, 0) is 6.42 Å². The summed E-state index contributed by atoms with van der Waals surface area (Å²) < 4.78 is 4.63. The third-order valence-corrected chi connectivity index (χ3v) is 0.734. The second-order valence-corrected chi connectivity index (χ2v) is 1.79. The first kappa shape index (κ1) is 17.3. The minimum atomic E-state index is -0.833. The maximum Gasteiger partial charge on any atom is 0.309 e. The van der Waals surface area contributed by atoms with Crippen LogP contribution in [0.1, 0.15) is 27.2 Å². The molecule has 0 aromatic carbocycles. The van der Waals surface area contributed by atoms with E-state index in [1.54, 1.807) is 0 Å². The van der Waals surface area contributed by atoms with Crippen LogP contribution < -0.4 is 11.5 Å². The minimum absolute atomic E-state index is 0. The van der Waals surface area contributed by atoms with Gasteiger partial charge in [0.25, 0.3) is 0 Å². The molecule has 76 valence electrons. The van der Waals surface area contributed by atoms with Gasteiger partial charge < -0.3 is 21.3 Å². The average Bonchev–Trinajstić information content (AvgIpc) is 1.88. The third-order valence-electron chi connectivity index (χ3n) is 0.734. The van der Waals surface area contributed by atoms with Gasteiger partial charge in [-0.3, -0.25) is 0 Å². The van der Waals surface area contributed by atoms with Crippen LogP contribution in [0.4, 0.5) is 4.79 Å². The molecule has 0 atom stereocenters. The van der Waals surface area contributed by atoms with Gasteiger partial charge in [-0.2, -0.15) is 0 Å². The number of aliphatic hydroxyl groups is 1. The van der Waals surface area contributed by atoms with Gasteiger partial charge in [0, 0.05) is 6.61 Å². The number of hydrogen-bond acceptors (Lipinski definition) is 3. The lowest BCUT2D eigenvalue weighted by molar-refractivity contribution is -0.00234. The van der Waals surface area contributed by atoms with Gasteiger partial charge in [0.2, 0.25) is 0 Å². The summed E-state index contributed by atoms with van der Waals surface area (Å²) in [5.74, 6) is 0. The number of carbonyl (C=O) groups excluding carboxylic acids is 1. The summed E-state index contributed by atoms with van der Waals surface area (Å²) in [6.45, 7) is 2.63. The van der Waals surface area contributed by atoms with E-state index in [4.69, 9.17) is 9.90 Å². The van der Waals surface area contributed by atoms with Crippen LogP contribution in [0.15, 0.2) is 0 Å². The van der Waals surface area contributed by atoms with Crippen molar-refractivity contribution in [2.45, 2.75) is 27.2 Å². The summed E-state index contributed by atoms with van der Waals surface area (Å²) in [4.78, 5) is 9.00. The third kappa shape index (κ3) is 60.6. The SMILES string of the molecule is C.CCCCOCO.NC(N)=O. The van der Waals surface area contributed by atoms with Crippen molar-refractivity contribution in [3.8, 4) is 0 Å². The Morgan fingerprint density at radius 1 is 1.50 bits per heavy atom. The predicted molar refractivity (Wildman–Crippen MR) is 48.4 cm³/mol. The summed E-state index contributed by atoms with van der Waals surface area (Å²) in [5.41, 5.74) is 8.50. The van der Waals surface area contributed by atoms with Crippen molar-refractivity contribution in [1.82, 2.24) is 0 Å². The lowest BCUT2D eigenvalue weighted by atomic mass is 10.4. The predicted octanol–water partition coefficient (Wildman–Crippen LogP) is 0.413. The van der Waals surface area contributed by atoms with Crippen molar-refractivity contribution in [2.24, 2.45) is 11.5 Å². The summed E-state index contributed by atoms with van der Waals surface area (Å²) in [7, 11) is 0. The monoisotopic (exact) mass is 180 g/mol. The van der Waals surface area contributed by atoms with E-state index >= 15 is 0 Å². The van der Waals surface area contributed by atoms with Crippen molar-refractivity contribution in [3.05, 3.63) is 0 Å². The van der Waals surface area contributed by atoms with Crippen LogP contribution >= 0.6 is 0 Å². The Labute approximate surface area is 73.7 Å². The zero-order valence-corrected chi connectivity index (χ0v) is 6.75. The van der Waals surface area contributed by atoms with E-state index in [1.807, 2.05) is 0 Å². The number of carbonyl (C=O) groups is 1. The van der Waals surface area contributed by atoms with Crippen LogP contribution in [-0.4, -0.2) is 24.5 Å². The fourth-order valence-electron chi connectivity index (χ4n) is 0.311. The van der Waals surface area contributed by atoms with Gasteiger partial charge in [0.05, 0.1) is 0 Å². The highest BCUT2D eigenvalue weighted by atomic mass is 16.6. The Kier molecular flexibility index (Phi) is 24.0. The van der Waals surface area contributed by atoms with E-state index in [2.05, 4.69) is 23.1 Å². The molecule has 0 fully saturated rings. The smallest absolute Gasteiger partial charge is 0.309 e. The Balaban J connectivity index is -0.000000142. The first-order valence-electron chi connectivity index (χ1n) is 3.38. The summed E-state index contributed by atoms with van der Waals surface area (Å²) in [6, 6.07) is -0.833. The second kappa shape index (κ2) is 16.6. The fraction of sp³-hybridized carbons (Fsp3) is 0.857. The first-order valence-corrected chi connectivity index (χ1v) is 3.38. The molecule has 0 saturated carbocycles. The van der Waals surface area contributed by atoms with Crippen LogP contribution in [0.25, 0.3) is 0 Å². The number of aliphatic hydroxyl groups excluding tert-OH is 1. The molecule has 0 aliphatic heterocycles. The molecule has 0 aliphatic carbocycles. The maximum absolute atomic E-state index is 9.00. The average molecular weight is 180 g/mol. The van der Waals surface area contributed by atoms with E-state index in [1.165, 1.54) is 0 Å². The molecule has 0 aliphatic rings. The molecule has 2 amide bonds. The lowest BCUT2D eigenvalue weighted by Gasteiger charge is -1.94. The highest BCUT2D eigenvalue weighted by Gasteiger charge is 1.79. The molecular formula is C7H20N2O3. The van der Waals surface area contributed by atoms with Gasteiger partial charge >= 0.3 is 6.03 Å². The van der Waals surface area contributed by atoms with Crippen molar-refractivity contribution in [3.63, 3.8) is 0 Å². The molecule has 0 spiro atoms. The number of rotatable bonds is 4. The number of ether oxygens (including phenoxy) is 1. The van der Waals surface area contributed by atoms with Crippen LogP contribution in [0, 0.1) is 0 Å². The van der Waals surface area contributed by atoms with Crippen LogP contribution in [-0.2, 0) is 4.74 Å². The first-order chi connectivity index (χ1) is 5.15. The van der Waals surface area contributed by atoms with E-state index in [-0.39, 0.29) is 14.2 Å². The zero-order valence-electron chi connectivity index (χ0n) is 6.75. The number of urea groups is 1. The van der Waals surface area contributed by atoms with Gasteiger partial charge in [-0.1, -0.05) is 20.8 Å². The molecule has 5 N–H and O–H groups in total. The van der Waals surface area contributed by atoms with Crippen LogP contribution in [0.3, 0.4) is 0 Å². The summed E-state index contributed by atoms with van der Waals surface area (Å²) >= 11 is 0. The van der Waals surface area contributed by atoms with Gasteiger partial charge in [-0.15, -0.1) is 0 Å². The van der Waals surface area contributed by atoms with E-state index < -0.39 is 6.03 Å². The molecule has 0 saturated heterocycles. The number of hydrogen-bond donors (Lipinski definition) is 3. The maximum atomic E-state index is 9.00.